The summed E-state index contributed by atoms with van der Waals surface area (Å²) >= 11 is 16.7. The Kier molecular flexibility index (Phi) is 7.06. The number of amides is 4. The normalized spacial score (nSPS) is 30.6. The molecule has 0 radical (unpaired) electrons. The Bertz CT molecular complexity index is 1840. The van der Waals surface area contributed by atoms with Crippen LogP contribution in [-0.4, -0.2) is 45.6 Å². The van der Waals surface area contributed by atoms with Crippen LogP contribution in [0.1, 0.15) is 24.3 Å². The molecule has 3 aromatic carbocycles. The molecule has 1 saturated carbocycles. The molecule has 3 aromatic rings. The summed E-state index contributed by atoms with van der Waals surface area (Å²) in [4.78, 5) is 54.5. The molecular weight excluding hydrogens is 737 g/mol. The number of carbonyl (C=O) groups excluding carboxylic acids is 4. The molecule has 2 heterocycles. The molecule has 2 saturated heterocycles. The van der Waals surface area contributed by atoms with E-state index in [0.29, 0.717) is 20.4 Å². The minimum Gasteiger partial charge on any atom is -0.504 e. The van der Waals surface area contributed by atoms with Crippen molar-refractivity contribution in [2.24, 2.45) is 17.8 Å². The van der Waals surface area contributed by atoms with Gasteiger partial charge in [-0.2, -0.15) is 0 Å². The number of aromatic hydroxyl groups is 1. The third-order valence-electron chi connectivity index (χ3n) is 9.51. The van der Waals surface area contributed by atoms with E-state index in [-0.39, 0.29) is 35.9 Å². The van der Waals surface area contributed by atoms with Crippen molar-refractivity contribution >= 4 is 80.8 Å². The quantitative estimate of drug-likeness (QED) is 0.154. The van der Waals surface area contributed by atoms with E-state index in [0.717, 1.165) is 17.0 Å². The third kappa shape index (κ3) is 4.07. The van der Waals surface area contributed by atoms with Crippen LogP contribution in [0.3, 0.4) is 0 Å². The number of phenolic OH excluding ortho intramolecular Hbond substituents is 1. The Morgan fingerprint density at radius 2 is 1.58 bits per heavy atom. The van der Waals surface area contributed by atoms with Crippen LogP contribution < -0.4 is 14.5 Å². The van der Waals surface area contributed by atoms with Crippen LogP contribution in [0.2, 0.25) is 0 Å². The van der Waals surface area contributed by atoms with Crippen molar-refractivity contribution in [3.05, 3.63) is 93.3 Å². The fraction of sp³-hybridized carbons (Fsp3) is 0.273. The van der Waals surface area contributed by atoms with Crippen molar-refractivity contribution < 1.29 is 33.4 Å². The fourth-order valence-corrected chi connectivity index (χ4v) is 9.08. The first kappa shape index (κ1) is 30.2. The minimum absolute atomic E-state index is 0.0923. The second kappa shape index (κ2) is 10.5. The van der Waals surface area contributed by atoms with Gasteiger partial charge in [0.25, 0.3) is 11.8 Å². The number of allylic oxidation sites excluding steroid dienone is 2. The average molecular weight is 761 g/mol. The summed E-state index contributed by atoms with van der Waals surface area (Å²) in [6.45, 7) is 0. The number of methoxy groups -OCH3 is 1. The summed E-state index contributed by atoms with van der Waals surface area (Å²) in [5.74, 6) is -6.30. The number of carbonyl (C=O) groups is 4. The van der Waals surface area contributed by atoms with E-state index >= 15 is 0 Å². The van der Waals surface area contributed by atoms with Gasteiger partial charge in [-0.15, -0.1) is 23.2 Å². The Morgan fingerprint density at radius 1 is 0.911 bits per heavy atom. The van der Waals surface area contributed by atoms with Gasteiger partial charge in [-0.1, -0.05) is 29.8 Å². The van der Waals surface area contributed by atoms with Crippen molar-refractivity contribution in [2.45, 2.75) is 28.5 Å². The van der Waals surface area contributed by atoms with Crippen molar-refractivity contribution in [3.8, 4) is 11.5 Å². The zero-order chi connectivity index (χ0) is 32.0. The van der Waals surface area contributed by atoms with E-state index in [9.17, 15) is 28.7 Å². The number of fused-ring (bicyclic) bond motifs is 4. The summed E-state index contributed by atoms with van der Waals surface area (Å²) in [6.07, 6.45) is 1.85. The molecule has 8 nitrogen and oxygen atoms in total. The van der Waals surface area contributed by atoms with Crippen molar-refractivity contribution in [1.29, 1.82) is 0 Å². The average Bonchev–Trinajstić information content (AvgIpc) is 3.37. The predicted octanol–water partition coefficient (Wildman–Crippen LogP) is 5.91. The van der Waals surface area contributed by atoms with Crippen molar-refractivity contribution in [3.63, 3.8) is 0 Å². The van der Waals surface area contributed by atoms with Gasteiger partial charge in [0.1, 0.15) is 5.82 Å². The van der Waals surface area contributed by atoms with Crippen LogP contribution in [0.5, 0.6) is 11.5 Å². The van der Waals surface area contributed by atoms with Crippen LogP contribution in [-0.2, 0) is 19.2 Å². The van der Waals surface area contributed by atoms with E-state index in [4.69, 9.17) is 27.9 Å². The summed E-state index contributed by atoms with van der Waals surface area (Å²) < 4.78 is 19.7. The van der Waals surface area contributed by atoms with Gasteiger partial charge in [0.2, 0.25) is 11.8 Å². The first-order chi connectivity index (χ1) is 21.4. The third-order valence-corrected chi connectivity index (χ3v) is 11.7. The molecule has 4 amide bonds. The number of imide groups is 2. The molecule has 7 rings (SSSR count). The van der Waals surface area contributed by atoms with Gasteiger partial charge in [-0.3, -0.25) is 24.1 Å². The Morgan fingerprint density at radius 3 is 2.24 bits per heavy atom. The zero-order valence-corrected chi connectivity index (χ0v) is 27.2. The second-order valence-corrected chi connectivity index (χ2v) is 14.1. The first-order valence-electron chi connectivity index (χ1n) is 14.2. The lowest BCUT2D eigenvalue weighted by molar-refractivity contribution is -0.125. The molecule has 0 aromatic heterocycles. The maximum atomic E-state index is 14.5. The highest BCUT2D eigenvalue weighted by molar-refractivity contribution is 14.1. The van der Waals surface area contributed by atoms with Crippen LogP contribution >= 0.6 is 45.8 Å². The minimum atomic E-state index is -2.09. The molecular formula is C33H24Cl2FIN2O6. The van der Waals surface area contributed by atoms with Crippen LogP contribution in [0, 0.1) is 27.1 Å². The van der Waals surface area contributed by atoms with Gasteiger partial charge in [0.05, 0.1) is 33.9 Å². The van der Waals surface area contributed by atoms with Crippen molar-refractivity contribution in [1.82, 2.24) is 0 Å². The fourth-order valence-electron chi connectivity index (χ4n) is 7.52. The highest BCUT2D eigenvalue weighted by Gasteiger charge is 2.76. The van der Waals surface area contributed by atoms with Gasteiger partial charge in [0.15, 0.2) is 21.2 Å². The lowest BCUT2D eigenvalue weighted by Crippen LogP contribution is -2.60. The van der Waals surface area contributed by atoms with Gasteiger partial charge >= 0.3 is 0 Å². The van der Waals surface area contributed by atoms with Gasteiger partial charge in [-0.05, 0) is 95.4 Å². The molecule has 12 heteroatoms. The number of alkyl halides is 2. The molecule has 2 aliphatic heterocycles. The van der Waals surface area contributed by atoms with Crippen LogP contribution in [0.25, 0.3) is 0 Å². The number of halogens is 4. The number of ether oxygens (including phenoxy) is 1. The van der Waals surface area contributed by atoms with E-state index in [1.807, 2.05) is 28.7 Å². The number of anilines is 2. The molecule has 0 bridgehead atoms. The summed E-state index contributed by atoms with van der Waals surface area (Å²) in [5, 5.41) is 10.6. The summed E-state index contributed by atoms with van der Waals surface area (Å²) in [7, 11) is 1.38. The smallest absolute Gasteiger partial charge is 0.258 e. The maximum Gasteiger partial charge on any atom is 0.258 e. The monoisotopic (exact) mass is 760 g/mol. The van der Waals surface area contributed by atoms with Crippen molar-refractivity contribution in [2.75, 3.05) is 16.9 Å². The number of hydrogen-bond acceptors (Lipinski definition) is 6. The number of rotatable bonds is 4. The predicted molar refractivity (Wildman–Crippen MR) is 173 cm³/mol. The zero-order valence-electron chi connectivity index (χ0n) is 23.5. The Labute approximate surface area is 280 Å². The molecule has 6 atom stereocenters. The maximum absolute atomic E-state index is 14.5. The van der Waals surface area contributed by atoms with Gasteiger partial charge in [0, 0.05) is 5.92 Å². The molecule has 3 fully saturated rings. The molecule has 230 valence electrons. The van der Waals surface area contributed by atoms with E-state index in [1.165, 1.54) is 30.2 Å². The molecule has 2 aliphatic carbocycles. The van der Waals surface area contributed by atoms with Gasteiger partial charge in [-0.25, -0.2) is 9.29 Å². The topological polar surface area (TPSA) is 104 Å². The number of phenols is 1. The number of hydrogen-bond donors (Lipinski definition) is 1. The molecule has 6 unspecified atom stereocenters. The van der Waals surface area contributed by atoms with E-state index in [1.54, 1.807) is 36.4 Å². The first-order valence-corrected chi connectivity index (χ1v) is 16.0. The lowest BCUT2D eigenvalue weighted by atomic mass is 9.56. The summed E-state index contributed by atoms with van der Waals surface area (Å²) in [5.41, 5.74) is 1.57. The number of nitrogens with zero attached hydrogens (tertiary/aromatic N) is 2. The summed E-state index contributed by atoms with van der Waals surface area (Å²) in [6, 6.07) is 16.6. The van der Waals surface area contributed by atoms with Gasteiger partial charge < -0.3 is 9.84 Å². The Balaban J connectivity index is 1.43. The lowest BCUT2D eigenvalue weighted by Gasteiger charge is -2.50. The van der Waals surface area contributed by atoms with Crippen LogP contribution in [0.15, 0.2) is 78.4 Å². The molecule has 4 aliphatic rings. The molecule has 1 N–H and O–H groups in total. The molecule has 45 heavy (non-hydrogen) atoms. The highest BCUT2D eigenvalue weighted by atomic mass is 127. The Hall–Kier alpha value is -3.48. The SMILES string of the molecule is COc1cc(C2C3=CCC4C(=O)N(c5ccccc5)C(=O)C4C3CC3(Cl)C(=O)N(c4ccc(F)cc4)C(=O)C23Cl)cc(I)c1O. The highest BCUT2D eigenvalue weighted by Crippen LogP contribution is 2.66. The van der Waals surface area contributed by atoms with Crippen LogP contribution in [0.4, 0.5) is 15.8 Å². The number of para-hydroxylation sites is 1. The second-order valence-electron chi connectivity index (χ2n) is 11.7. The van der Waals surface area contributed by atoms with E-state index < -0.39 is 57.0 Å². The largest absolute Gasteiger partial charge is 0.504 e. The number of benzene rings is 3. The van der Waals surface area contributed by atoms with E-state index in [2.05, 4.69) is 0 Å². The standard InChI is InChI=1S/C33H24Cl2FIN2O6/c1-45-24-14-16(13-23(37)27(24)40)26-20-11-12-21-25(29(42)38(28(21)41)18-5-3-2-4-6-18)22(20)15-32(34)30(43)39(31(44)33(26,32)35)19-9-7-17(36)8-10-19/h2-11,13-14,21-22,25-26,40H,12,15H2,1H3. The molecule has 0 spiro atoms.